The Hall–Kier alpha value is -3.61. The molecule has 166 valence electrons. The highest BCUT2D eigenvalue weighted by atomic mass is 16.5. The zero-order valence-corrected chi connectivity index (χ0v) is 18.2. The summed E-state index contributed by atoms with van der Waals surface area (Å²) >= 11 is 0. The maximum atomic E-state index is 12.8. The number of rotatable bonds is 7. The lowest BCUT2D eigenvalue weighted by molar-refractivity contribution is -0.147. The molecule has 0 saturated carbocycles. The molecule has 1 saturated heterocycles. The van der Waals surface area contributed by atoms with Gasteiger partial charge in [-0.3, -0.25) is 9.59 Å². The number of benzene rings is 1. The van der Waals surface area contributed by atoms with Crippen molar-refractivity contribution in [2.45, 2.75) is 39.3 Å². The minimum Gasteiger partial charge on any atom is -0.459 e. The summed E-state index contributed by atoms with van der Waals surface area (Å²) in [6.07, 6.45) is 2.62. The average Bonchev–Trinajstić information content (AvgIpc) is 3.55. The third-order valence-electron chi connectivity index (χ3n) is 5.92. The molecule has 0 spiro atoms. The topological polar surface area (TPSA) is 81.8 Å². The number of ether oxygens (including phenoxy) is 1. The Kier molecular flexibility index (Phi) is 6.25. The molecule has 1 aliphatic heterocycles. The predicted molar refractivity (Wildman–Crippen MR) is 118 cm³/mol. The largest absolute Gasteiger partial charge is 0.459 e. The number of esters is 1. The lowest BCUT2D eigenvalue weighted by Gasteiger charge is -2.22. The third kappa shape index (κ3) is 4.37. The van der Waals surface area contributed by atoms with Gasteiger partial charge in [-0.1, -0.05) is 30.3 Å². The molecule has 1 fully saturated rings. The van der Waals surface area contributed by atoms with Crippen LogP contribution in [0, 0.1) is 13.8 Å². The summed E-state index contributed by atoms with van der Waals surface area (Å²) in [5, 5.41) is 0. The number of amides is 1. The molecule has 0 aliphatic carbocycles. The van der Waals surface area contributed by atoms with Crippen LogP contribution in [0.4, 0.5) is 0 Å². The van der Waals surface area contributed by atoms with Gasteiger partial charge in [-0.2, -0.15) is 0 Å². The van der Waals surface area contributed by atoms with E-state index in [1.54, 1.807) is 12.1 Å². The quantitative estimate of drug-likeness (QED) is 0.418. The molecule has 3 heterocycles. The van der Waals surface area contributed by atoms with Gasteiger partial charge in [0.2, 0.25) is 5.78 Å². The normalized spacial score (nSPS) is 15.7. The van der Waals surface area contributed by atoms with Crippen LogP contribution in [-0.2, 0) is 16.1 Å². The van der Waals surface area contributed by atoms with E-state index in [0.29, 0.717) is 31.5 Å². The van der Waals surface area contributed by atoms with Crippen molar-refractivity contribution in [3.63, 3.8) is 0 Å². The van der Waals surface area contributed by atoms with Crippen LogP contribution in [0.2, 0.25) is 0 Å². The fourth-order valence-electron chi connectivity index (χ4n) is 4.20. The number of carbonyl (C=O) groups is 3. The first-order chi connectivity index (χ1) is 15.5. The van der Waals surface area contributed by atoms with Crippen molar-refractivity contribution >= 4 is 17.7 Å². The van der Waals surface area contributed by atoms with Gasteiger partial charge >= 0.3 is 5.97 Å². The fourth-order valence-corrected chi connectivity index (χ4v) is 4.20. The number of aromatic nitrogens is 1. The van der Waals surface area contributed by atoms with E-state index in [0.717, 1.165) is 17.0 Å². The molecule has 7 heteroatoms. The number of hydrogen-bond acceptors (Lipinski definition) is 5. The summed E-state index contributed by atoms with van der Waals surface area (Å²) in [6.45, 7) is 4.61. The predicted octanol–water partition coefficient (Wildman–Crippen LogP) is 3.78. The Balaban J connectivity index is 1.40. The standard InChI is InChI=1S/C25H26N2O5/c1-17-14-20(18(2)27(17)15-19-8-4-3-5-9-19)22(28)16-32-25(30)21-10-6-12-26(21)24(29)23-11-7-13-31-23/h3-5,7-9,11,13-14,21H,6,10,12,15-16H2,1-2H3/t21-/m0/s1. The van der Waals surface area contributed by atoms with Crippen molar-refractivity contribution in [2.75, 3.05) is 13.2 Å². The number of aryl methyl sites for hydroxylation is 1. The zero-order valence-electron chi connectivity index (χ0n) is 18.2. The molecule has 1 atom stereocenters. The lowest BCUT2D eigenvalue weighted by Crippen LogP contribution is -2.41. The van der Waals surface area contributed by atoms with E-state index < -0.39 is 12.0 Å². The van der Waals surface area contributed by atoms with Gasteiger partial charge in [0.05, 0.1) is 6.26 Å². The van der Waals surface area contributed by atoms with Gasteiger partial charge in [-0.05, 0) is 50.5 Å². The minimum atomic E-state index is -0.703. The summed E-state index contributed by atoms with van der Waals surface area (Å²) in [5.74, 6) is -0.974. The highest BCUT2D eigenvalue weighted by Crippen LogP contribution is 2.22. The van der Waals surface area contributed by atoms with E-state index in [2.05, 4.69) is 4.57 Å². The van der Waals surface area contributed by atoms with Crippen LogP contribution in [0.15, 0.2) is 59.2 Å². The molecule has 4 rings (SSSR count). The first kappa shape index (κ1) is 21.6. The van der Waals surface area contributed by atoms with Crippen LogP contribution < -0.4 is 0 Å². The van der Waals surface area contributed by atoms with Gasteiger partial charge in [0.15, 0.2) is 12.4 Å². The number of Topliss-reactive ketones (excluding diaryl/α,β-unsaturated/α-hetero) is 1. The number of ketones is 1. The lowest BCUT2D eigenvalue weighted by atomic mass is 10.1. The molecule has 7 nitrogen and oxygen atoms in total. The Bertz CT molecular complexity index is 1110. The molecule has 0 N–H and O–H groups in total. The first-order valence-electron chi connectivity index (χ1n) is 10.7. The van der Waals surface area contributed by atoms with Gasteiger partial charge in [0.1, 0.15) is 6.04 Å². The first-order valence-corrected chi connectivity index (χ1v) is 10.7. The Morgan fingerprint density at radius 3 is 2.59 bits per heavy atom. The van der Waals surface area contributed by atoms with Crippen molar-refractivity contribution in [1.82, 2.24) is 9.47 Å². The number of carbonyl (C=O) groups excluding carboxylic acids is 3. The van der Waals surface area contributed by atoms with Crippen molar-refractivity contribution in [3.05, 3.63) is 83.1 Å². The van der Waals surface area contributed by atoms with Gasteiger partial charge in [-0.15, -0.1) is 0 Å². The molecule has 2 aromatic heterocycles. The summed E-state index contributed by atoms with van der Waals surface area (Å²) in [5.41, 5.74) is 3.48. The number of furan rings is 1. The smallest absolute Gasteiger partial charge is 0.329 e. The monoisotopic (exact) mass is 434 g/mol. The van der Waals surface area contributed by atoms with E-state index in [9.17, 15) is 14.4 Å². The van der Waals surface area contributed by atoms with E-state index in [4.69, 9.17) is 9.15 Å². The summed E-state index contributed by atoms with van der Waals surface area (Å²) in [4.78, 5) is 39.5. The molecular weight excluding hydrogens is 408 g/mol. The summed E-state index contributed by atoms with van der Waals surface area (Å²) in [7, 11) is 0. The van der Waals surface area contributed by atoms with Crippen molar-refractivity contribution in [1.29, 1.82) is 0 Å². The molecule has 32 heavy (non-hydrogen) atoms. The summed E-state index contributed by atoms with van der Waals surface area (Å²) < 4.78 is 12.6. The Labute approximate surface area is 186 Å². The van der Waals surface area contributed by atoms with Gasteiger partial charge in [0, 0.05) is 30.0 Å². The minimum absolute atomic E-state index is 0.187. The van der Waals surface area contributed by atoms with Crippen LogP contribution in [0.5, 0.6) is 0 Å². The maximum absolute atomic E-state index is 12.8. The van der Waals surface area contributed by atoms with Gasteiger partial charge in [-0.25, -0.2) is 4.79 Å². The highest BCUT2D eigenvalue weighted by Gasteiger charge is 2.37. The van der Waals surface area contributed by atoms with Crippen LogP contribution in [0.1, 0.15) is 50.7 Å². The fraction of sp³-hybridized carbons (Fsp3) is 0.320. The average molecular weight is 434 g/mol. The molecule has 1 aliphatic rings. The molecule has 0 unspecified atom stereocenters. The van der Waals surface area contributed by atoms with Crippen LogP contribution in [0.3, 0.4) is 0 Å². The molecule has 0 radical (unpaired) electrons. The molecular formula is C25H26N2O5. The van der Waals surface area contributed by atoms with Crippen LogP contribution in [0.25, 0.3) is 0 Å². The number of hydrogen-bond donors (Lipinski definition) is 0. The van der Waals surface area contributed by atoms with Crippen LogP contribution in [-0.4, -0.2) is 46.3 Å². The van der Waals surface area contributed by atoms with Gasteiger partial charge in [0.25, 0.3) is 5.91 Å². The molecule has 1 aromatic carbocycles. The maximum Gasteiger partial charge on any atom is 0.329 e. The van der Waals surface area contributed by atoms with E-state index in [1.165, 1.54) is 11.2 Å². The summed E-state index contributed by atoms with van der Waals surface area (Å²) in [6, 6.07) is 14.3. The van der Waals surface area contributed by atoms with Crippen molar-refractivity contribution in [2.24, 2.45) is 0 Å². The van der Waals surface area contributed by atoms with Crippen molar-refractivity contribution in [3.8, 4) is 0 Å². The number of likely N-dealkylation sites (tertiary alicyclic amines) is 1. The SMILES string of the molecule is Cc1cc(C(=O)COC(=O)[C@@H]2CCCN2C(=O)c2ccco2)c(C)n1Cc1ccccc1. The molecule has 3 aromatic rings. The highest BCUT2D eigenvalue weighted by molar-refractivity contribution is 6.00. The molecule has 0 bridgehead atoms. The third-order valence-corrected chi connectivity index (χ3v) is 5.92. The number of nitrogens with zero attached hydrogens (tertiary/aromatic N) is 2. The van der Waals surface area contributed by atoms with E-state index in [-0.39, 0.29) is 24.1 Å². The molecule has 1 amide bonds. The van der Waals surface area contributed by atoms with E-state index >= 15 is 0 Å². The second-order valence-electron chi connectivity index (χ2n) is 8.02. The zero-order chi connectivity index (χ0) is 22.7. The van der Waals surface area contributed by atoms with Gasteiger partial charge < -0.3 is 18.6 Å². The van der Waals surface area contributed by atoms with Crippen LogP contribution >= 0.6 is 0 Å². The van der Waals surface area contributed by atoms with Crippen molar-refractivity contribution < 1.29 is 23.5 Å². The Morgan fingerprint density at radius 2 is 1.88 bits per heavy atom. The second kappa shape index (κ2) is 9.26. The van der Waals surface area contributed by atoms with E-state index in [1.807, 2.05) is 50.2 Å². The second-order valence-corrected chi connectivity index (χ2v) is 8.02. The Morgan fingerprint density at radius 1 is 1.09 bits per heavy atom.